The number of aromatic amines is 3. The first-order chi connectivity index (χ1) is 15.5. The van der Waals surface area contributed by atoms with Gasteiger partial charge in [-0.25, -0.2) is 4.79 Å². The summed E-state index contributed by atoms with van der Waals surface area (Å²) in [6, 6.07) is 13.0. The fourth-order valence-corrected chi connectivity index (χ4v) is 3.66. The van der Waals surface area contributed by atoms with E-state index < -0.39 is 11.2 Å². The summed E-state index contributed by atoms with van der Waals surface area (Å²) >= 11 is 0. The van der Waals surface area contributed by atoms with E-state index >= 15 is 0 Å². The Hall–Kier alpha value is -3.94. The molecule has 0 aliphatic carbocycles. The van der Waals surface area contributed by atoms with Gasteiger partial charge < -0.3 is 19.2 Å². The molecule has 0 aliphatic rings. The second-order valence-corrected chi connectivity index (χ2v) is 7.33. The highest BCUT2D eigenvalue weighted by molar-refractivity contribution is 6.02. The van der Waals surface area contributed by atoms with Crippen LogP contribution in [0, 0.1) is 0 Å². The monoisotopic (exact) mass is 435 g/mol. The zero-order valence-electron chi connectivity index (χ0n) is 18.2. The number of unbranched alkanes of at least 4 members (excludes halogenated alkanes) is 1. The third kappa shape index (κ3) is 3.99. The number of fused-ring (bicyclic) bond motifs is 1. The van der Waals surface area contributed by atoms with Crippen molar-refractivity contribution in [3.05, 3.63) is 63.3 Å². The predicted octanol–water partition coefficient (Wildman–Crippen LogP) is 4.07. The third-order valence-electron chi connectivity index (χ3n) is 5.28. The molecule has 0 aliphatic heterocycles. The third-order valence-corrected chi connectivity index (χ3v) is 5.28. The van der Waals surface area contributed by atoms with E-state index in [9.17, 15) is 9.59 Å². The molecule has 4 rings (SSSR count). The van der Waals surface area contributed by atoms with E-state index in [-0.39, 0.29) is 0 Å². The summed E-state index contributed by atoms with van der Waals surface area (Å²) in [7, 11) is 3.18. The number of hydrogen-bond acceptors (Lipinski definition) is 5. The highest BCUT2D eigenvalue weighted by atomic mass is 16.5. The molecule has 4 aromatic rings. The van der Waals surface area contributed by atoms with Gasteiger partial charge in [0.25, 0.3) is 5.56 Å². The van der Waals surface area contributed by atoms with Gasteiger partial charge in [0, 0.05) is 11.1 Å². The zero-order chi connectivity index (χ0) is 22.7. The first-order valence-corrected chi connectivity index (χ1v) is 10.4. The van der Waals surface area contributed by atoms with Crippen molar-refractivity contribution >= 4 is 11.0 Å². The first kappa shape index (κ1) is 21.3. The van der Waals surface area contributed by atoms with E-state index in [2.05, 4.69) is 21.9 Å². The lowest BCUT2D eigenvalue weighted by molar-refractivity contribution is 0.288. The summed E-state index contributed by atoms with van der Waals surface area (Å²) in [5.74, 6) is 1.94. The molecular weight excluding hydrogens is 410 g/mol. The second kappa shape index (κ2) is 9.05. The van der Waals surface area contributed by atoms with Gasteiger partial charge in [0.05, 0.1) is 31.9 Å². The summed E-state index contributed by atoms with van der Waals surface area (Å²) in [4.78, 5) is 32.8. The summed E-state index contributed by atoms with van der Waals surface area (Å²) < 4.78 is 16.7. The van der Waals surface area contributed by atoms with E-state index in [1.54, 1.807) is 14.2 Å². The van der Waals surface area contributed by atoms with E-state index in [1.807, 2.05) is 42.5 Å². The quantitative estimate of drug-likeness (QED) is 0.362. The van der Waals surface area contributed by atoms with Crippen LogP contribution in [0.25, 0.3) is 33.4 Å². The van der Waals surface area contributed by atoms with Crippen LogP contribution in [-0.2, 0) is 0 Å². The van der Waals surface area contributed by atoms with Crippen molar-refractivity contribution in [2.75, 3.05) is 20.8 Å². The predicted molar refractivity (Wildman–Crippen MR) is 124 cm³/mol. The van der Waals surface area contributed by atoms with E-state index in [0.717, 1.165) is 24.0 Å². The van der Waals surface area contributed by atoms with Crippen LogP contribution in [0.15, 0.2) is 52.1 Å². The van der Waals surface area contributed by atoms with Crippen LogP contribution < -0.4 is 25.5 Å². The molecule has 3 N–H and O–H groups in total. The Kier molecular flexibility index (Phi) is 6.02. The fourth-order valence-electron chi connectivity index (χ4n) is 3.66. The van der Waals surface area contributed by atoms with Gasteiger partial charge in [-0.3, -0.25) is 14.8 Å². The molecule has 0 unspecified atom stereocenters. The smallest absolute Gasteiger partial charge is 0.327 e. The Morgan fingerprint density at radius 3 is 2.28 bits per heavy atom. The molecule has 0 fully saturated rings. The molecule has 2 aromatic heterocycles. The largest absolute Gasteiger partial charge is 0.497 e. The minimum Gasteiger partial charge on any atom is -0.497 e. The Morgan fingerprint density at radius 1 is 0.844 bits per heavy atom. The molecule has 0 saturated heterocycles. The number of methoxy groups -OCH3 is 2. The Labute approximate surface area is 184 Å². The van der Waals surface area contributed by atoms with Gasteiger partial charge in [-0.15, -0.1) is 0 Å². The minimum absolute atomic E-state index is 0.349. The van der Waals surface area contributed by atoms with Gasteiger partial charge >= 0.3 is 5.69 Å². The van der Waals surface area contributed by atoms with Crippen molar-refractivity contribution in [2.24, 2.45) is 0 Å². The van der Waals surface area contributed by atoms with Crippen molar-refractivity contribution < 1.29 is 14.2 Å². The van der Waals surface area contributed by atoms with Gasteiger partial charge in [0.2, 0.25) is 0 Å². The molecule has 0 amide bonds. The van der Waals surface area contributed by atoms with Crippen LogP contribution in [0.3, 0.4) is 0 Å². The number of ether oxygens (including phenoxy) is 3. The number of H-pyrrole nitrogens is 3. The molecule has 8 nitrogen and oxygen atoms in total. The molecule has 2 heterocycles. The summed E-state index contributed by atoms with van der Waals surface area (Å²) in [6.45, 7) is 2.71. The lowest BCUT2D eigenvalue weighted by atomic mass is 9.99. The number of nitrogens with one attached hydrogen (secondary N) is 3. The molecule has 8 heteroatoms. The van der Waals surface area contributed by atoms with Crippen LogP contribution in [0.2, 0.25) is 0 Å². The lowest BCUT2D eigenvalue weighted by Crippen LogP contribution is -2.21. The molecule has 0 spiro atoms. The number of rotatable bonds is 8. The summed E-state index contributed by atoms with van der Waals surface area (Å²) in [5.41, 5.74) is 2.23. The highest BCUT2D eigenvalue weighted by Gasteiger charge is 2.20. The Balaban J connectivity index is 1.91. The van der Waals surface area contributed by atoms with Crippen LogP contribution in [0.1, 0.15) is 19.8 Å². The van der Waals surface area contributed by atoms with Gasteiger partial charge in [-0.1, -0.05) is 25.5 Å². The SMILES string of the molecule is CCCCOc1ccc(-c2[nH]c3[nH]c(=O)[nH]c(=O)c3c2-c2ccc(OC)cc2)cc1OC. The average Bonchev–Trinajstić information content (AvgIpc) is 3.19. The van der Waals surface area contributed by atoms with E-state index in [4.69, 9.17) is 14.2 Å². The summed E-state index contributed by atoms with van der Waals surface area (Å²) in [6.07, 6.45) is 1.98. The van der Waals surface area contributed by atoms with Gasteiger partial charge in [0.15, 0.2) is 11.5 Å². The first-order valence-electron chi connectivity index (χ1n) is 10.4. The molecule has 0 bridgehead atoms. The summed E-state index contributed by atoms with van der Waals surface area (Å²) in [5, 5.41) is 0.368. The van der Waals surface area contributed by atoms with Crippen molar-refractivity contribution in [3.63, 3.8) is 0 Å². The van der Waals surface area contributed by atoms with Gasteiger partial charge in [0.1, 0.15) is 11.4 Å². The number of aromatic nitrogens is 3. The minimum atomic E-state index is -0.575. The van der Waals surface area contributed by atoms with Crippen molar-refractivity contribution in [3.8, 4) is 39.6 Å². The normalized spacial score (nSPS) is 11.0. The van der Waals surface area contributed by atoms with Gasteiger partial charge in [-0.2, -0.15) is 0 Å². The molecule has 0 radical (unpaired) electrons. The zero-order valence-corrected chi connectivity index (χ0v) is 18.2. The van der Waals surface area contributed by atoms with Crippen LogP contribution >= 0.6 is 0 Å². The molecule has 166 valence electrons. The van der Waals surface area contributed by atoms with E-state index in [0.29, 0.717) is 46.1 Å². The standard InChI is InChI=1S/C24H25N3O5/c1-4-5-12-32-17-11-8-15(13-18(17)31-3)21-19(14-6-9-16(30-2)10-7-14)20-22(25-21)26-24(29)27-23(20)28/h6-11,13H,4-5,12H2,1-3H3,(H3,25,26,27,28,29). The van der Waals surface area contributed by atoms with Crippen LogP contribution in [-0.4, -0.2) is 35.8 Å². The maximum Gasteiger partial charge on any atom is 0.327 e. The lowest BCUT2D eigenvalue weighted by Gasteiger charge is -2.13. The molecular formula is C24H25N3O5. The van der Waals surface area contributed by atoms with Crippen molar-refractivity contribution in [1.29, 1.82) is 0 Å². The van der Waals surface area contributed by atoms with E-state index in [1.165, 1.54) is 0 Å². The van der Waals surface area contributed by atoms with Crippen LogP contribution in [0.5, 0.6) is 17.2 Å². The molecule has 32 heavy (non-hydrogen) atoms. The maximum absolute atomic E-state index is 12.7. The second-order valence-electron chi connectivity index (χ2n) is 7.33. The van der Waals surface area contributed by atoms with Crippen molar-refractivity contribution in [1.82, 2.24) is 15.0 Å². The number of hydrogen-bond donors (Lipinski definition) is 3. The molecule has 0 saturated carbocycles. The maximum atomic E-state index is 12.7. The highest BCUT2D eigenvalue weighted by Crippen LogP contribution is 2.39. The number of benzene rings is 2. The van der Waals surface area contributed by atoms with Crippen molar-refractivity contribution in [2.45, 2.75) is 19.8 Å². The Bertz CT molecular complexity index is 1350. The Morgan fingerprint density at radius 2 is 1.59 bits per heavy atom. The fraction of sp³-hybridized carbons (Fsp3) is 0.250. The average molecular weight is 435 g/mol. The molecule has 2 aromatic carbocycles. The van der Waals surface area contributed by atoms with Crippen LogP contribution in [0.4, 0.5) is 0 Å². The topological polar surface area (TPSA) is 109 Å². The molecule has 0 atom stereocenters. The van der Waals surface area contributed by atoms with Gasteiger partial charge in [-0.05, 0) is 42.3 Å².